The maximum Gasteiger partial charge on any atom is 0.356 e. The van der Waals surface area contributed by atoms with Crippen LogP contribution in [-0.2, 0) is 21.4 Å². The van der Waals surface area contributed by atoms with Gasteiger partial charge in [0.15, 0.2) is 5.69 Å². The van der Waals surface area contributed by atoms with Gasteiger partial charge in [0.2, 0.25) is 5.91 Å². The van der Waals surface area contributed by atoms with Crippen LogP contribution in [0.25, 0.3) is 5.65 Å². The van der Waals surface area contributed by atoms with Gasteiger partial charge in [0.05, 0.1) is 24.2 Å². The molecule has 0 aliphatic carbocycles. The van der Waals surface area contributed by atoms with Gasteiger partial charge >= 0.3 is 5.97 Å². The first-order chi connectivity index (χ1) is 14.8. The van der Waals surface area contributed by atoms with E-state index in [9.17, 15) is 14.0 Å². The summed E-state index contributed by atoms with van der Waals surface area (Å²) in [5.74, 6) is -1.14. The normalized spacial score (nSPS) is 14.7. The number of benzene rings is 1. The number of esters is 1. The van der Waals surface area contributed by atoms with Gasteiger partial charge in [-0.25, -0.2) is 14.2 Å². The summed E-state index contributed by atoms with van der Waals surface area (Å²) in [6, 6.07) is 8.15. The molecule has 0 saturated heterocycles. The van der Waals surface area contributed by atoms with Crippen LogP contribution in [-0.4, -0.2) is 40.3 Å². The third kappa shape index (κ3) is 3.67. The fourth-order valence-electron chi connectivity index (χ4n) is 4.22. The number of fused-ring (bicyclic) bond motifs is 3. The standard InChI is InChI=1S/C23H23ClFN3O3/c1-4-31-22(30)18-12-26-21-15(9-14-5-7-16(25)8-6-14)10-17-20(28(18)21)23(2,3)13-27(17)19(29)11-24/h5-8,10,12H,4,9,11,13H2,1-3H3. The van der Waals surface area contributed by atoms with Gasteiger partial charge in [-0.2, -0.15) is 0 Å². The van der Waals surface area contributed by atoms with Gasteiger partial charge < -0.3 is 9.64 Å². The summed E-state index contributed by atoms with van der Waals surface area (Å²) in [5.41, 5.74) is 3.68. The van der Waals surface area contributed by atoms with Crippen molar-refractivity contribution in [3.05, 3.63) is 64.9 Å². The molecule has 0 atom stereocenters. The average molecular weight is 444 g/mol. The highest BCUT2D eigenvalue weighted by atomic mass is 35.5. The Morgan fingerprint density at radius 1 is 1.26 bits per heavy atom. The number of carbonyl (C=O) groups is 2. The molecule has 1 aliphatic heterocycles. The molecule has 0 N–H and O–H groups in total. The highest BCUT2D eigenvalue weighted by Crippen LogP contribution is 2.43. The molecule has 4 rings (SSSR count). The molecular weight excluding hydrogens is 421 g/mol. The van der Waals surface area contributed by atoms with Crippen molar-refractivity contribution in [2.75, 3.05) is 23.9 Å². The van der Waals surface area contributed by atoms with E-state index in [0.29, 0.717) is 30.0 Å². The molecule has 1 amide bonds. The van der Waals surface area contributed by atoms with E-state index in [1.807, 2.05) is 19.9 Å². The zero-order valence-electron chi connectivity index (χ0n) is 17.6. The van der Waals surface area contributed by atoms with E-state index in [2.05, 4.69) is 4.98 Å². The van der Waals surface area contributed by atoms with E-state index in [0.717, 1.165) is 16.8 Å². The number of hydrogen-bond acceptors (Lipinski definition) is 4. The fourth-order valence-corrected chi connectivity index (χ4v) is 4.37. The SMILES string of the molecule is CCOC(=O)c1cnc2c(Cc3ccc(F)cc3)cc3c(n12)C(C)(C)CN3C(=O)CCl. The number of carbonyl (C=O) groups excluding carboxylic acids is 2. The first kappa shape index (κ1) is 21.3. The molecule has 0 spiro atoms. The first-order valence-electron chi connectivity index (χ1n) is 10.1. The molecule has 162 valence electrons. The van der Waals surface area contributed by atoms with Gasteiger partial charge in [0, 0.05) is 23.9 Å². The van der Waals surface area contributed by atoms with Crippen molar-refractivity contribution < 1.29 is 18.7 Å². The zero-order chi connectivity index (χ0) is 22.3. The maximum absolute atomic E-state index is 13.4. The number of anilines is 1. The number of rotatable bonds is 5. The predicted molar refractivity (Wildman–Crippen MR) is 116 cm³/mol. The van der Waals surface area contributed by atoms with Gasteiger partial charge in [-0.3, -0.25) is 9.20 Å². The Bertz CT molecular complexity index is 1170. The Balaban J connectivity index is 1.97. The third-order valence-electron chi connectivity index (χ3n) is 5.52. The Labute approximate surface area is 184 Å². The minimum Gasteiger partial charge on any atom is -0.461 e. The van der Waals surface area contributed by atoms with E-state index >= 15 is 0 Å². The largest absolute Gasteiger partial charge is 0.461 e. The lowest BCUT2D eigenvalue weighted by Gasteiger charge is -2.21. The number of pyridine rings is 1. The molecule has 0 bridgehead atoms. The molecule has 0 fully saturated rings. The Morgan fingerprint density at radius 3 is 2.61 bits per heavy atom. The lowest BCUT2D eigenvalue weighted by atomic mass is 9.90. The molecule has 8 heteroatoms. The van der Waals surface area contributed by atoms with Crippen molar-refractivity contribution >= 4 is 34.8 Å². The minimum absolute atomic E-state index is 0.143. The van der Waals surface area contributed by atoms with Gasteiger partial charge in [0.25, 0.3) is 0 Å². The topological polar surface area (TPSA) is 63.9 Å². The molecule has 3 aromatic rings. The van der Waals surface area contributed by atoms with Crippen LogP contribution >= 0.6 is 11.6 Å². The molecule has 3 heterocycles. The molecule has 0 unspecified atom stereocenters. The van der Waals surface area contributed by atoms with Crippen LogP contribution in [0.1, 0.15) is 48.1 Å². The Kier molecular flexibility index (Phi) is 5.47. The second-order valence-corrected chi connectivity index (χ2v) is 8.49. The molecule has 2 aromatic heterocycles. The second kappa shape index (κ2) is 7.96. The van der Waals surface area contributed by atoms with Crippen molar-refractivity contribution in [1.29, 1.82) is 0 Å². The smallest absolute Gasteiger partial charge is 0.356 e. The summed E-state index contributed by atoms with van der Waals surface area (Å²) in [4.78, 5) is 31.5. The Morgan fingerprint density at radius 2 is 1.97 bits per heavy atom. The molecule has 31 heavy (non-hydrogen) atoms. The van der Waals surface area contributed by atoms with E-state index in [1.165, 1.54) is 18.3 Å². The third-order valence-corrected chi connectivity index (χ3v) is 5.75. The minimum atomic E-state index is -0.478. The summed E-state index contributed by atoms with van der Waals surface area (Å²) >= 11 is 5.88. The number of halogens is 2. The number of ether oxygens (including phenoxy) is 1. The van der Waals surface area contributed by atoms with Gasteiger partial charge in [-0.1, -0.05) is 26.0 Å². The van der Waals surface area contributed by atoms with Crippen LogP contribution in [0.3, 0.4) is 0 Å². The van der Waals surface area contributed by atoms with Crippen LogP contribution < -0.4 is 4.90 Å². The first-order valence-corrected chi connectivity index (χ1v) is 10.6. The molecule has 1 aliphatic rings. The quantitative estimate of drug-likeness (QED) is 0.440. The lowest BCUT2D eigenvalue weighted by Crippen LogP contribution is -2.34. The second-order valence-electron chi connectivity index (χ2n) is 8.23. The zero-order valence-corrected chi connectivity index (χ0v) is 18.4. The maximum atomic E-state index is 13.4. The average Bonchev–Trinajstić information content (AvgIpc) is 3.28. The van der Waals surface area contributed by atoms with E-state index < -0.39 is 11.4 Å². The molecule has 0 saturated carbocycles. The molecule has 0 radical (unpaired) electrons. The van der Waals surface area contributed by atoms with Crippen molar-refractivity contribution in [3.63, 3.8) is 0 Å². The predicted octanol–water partition coefficient (Wildman–Crippen LogP) is 4.10. The summed E-state index contributed by atoms with van der Waals surface area (Å²) in [7, 11) is 0. The summed E-state index contributed by atoms with van der Waals surface area (Å²) in [6.45, 7) is 6.45. The van der Waals surface area contributed by atoms with E-state index in [4.69, 9.17) is 16.3 Å². The monoisotopic (exact) mass is 443 g/mol. The summed E-state index contributed by atoms with van der Waals surface area (Å²) in [6.07, 6.45) is 1.96. The number of nitrogens with zero attached hydrogens (tertiary/aromatic N) is 3. The van der Waals surface area contributed by atoms with Crippen LogP contribution in [0.15, 0.2) is 36.5 Å². The summed E-state index contributed by atoms with van der Waals surface area (Å²) < 4.78 is 20.4. The van der Waals surface area contributed by atoms with Crippen LogP contribution in [0, 0.1) is 5.82 Å². The van der Waals surface area contributed by atoms with Crippen LogP contribution in [0.5, 0.6) is 0 Å². The number of imidazole rings is 1. The number of amides is 1. The number of aromatic nitrogens is 2. The van der Waals surface area contributed by atoms with Gasteiger partial charge in [-0.15, -0.1) is 11.6 Å². The highest BCUT2D eigenvalue weighted by Gasteiger charge is 2.41. The van der Waals surface area contributed by atoms with Crippen molar-refractivity contribution in [2.24, 2.45) is 0 Å². The molecular formula is C23H23ClFN3O3. The highest BCUT2D eigenvalue weighted by molar-refractivity contribution is 6.29. The van der Waals surface area contributed by atoms with Crippen LogP contribution in [0.2, 0.25) is 0 Å². The van der Waals surface area contributed by atoms with Crippen molar-refractivity contribution in [2.45, 2.75) is 32.6 Å². The molecule has 1 aromatic carbocycles. The lowest BCUT2D eigenvalue weighted by molar-refractivity contribution is -0.116. The number of hydrogen-bond donors (Lipinski definition) is 0. The molecule has 6 nitrogen and oxygen atoms in total. The van der Waals surface area contributed by atoms with Crippen molar-refractivity contribution in [3.8, 4) is 0 Å². The van der Waals surface area contributed by atoms with E-state index in [1.54, 1.807) is 28.4 Å². The Hall–Kier alpha value is -2.93. The van der Waals surface area contributed by atoms with E-state index in [-0.39, 0.29) is 24.2 Å². The van der Waals surface area contributed by atoms with Crippen LogP contribution in [0.4, 0.5) is 10.1 Å². The van der Waals surface area contributed by atoms with Gasteiger partial charge in [0.1, 0.15) is 17.3 Å². The van der Waals surface area contributed by atoms with Gasteiger partial charge in [-0.05, 0) is 30.7 Å². The summed E-state index contributed by atoms with van der Waals surface area (Å²) in [5, 5.41) is 0. The number of alkyl halides is 1. The fraction of sp³-hybridized carbons (Fsp3) is 0.348. The van der Waals surface area contributed by atoms with Crippen molar-refractivity contribution in [1.82, 2.24) is 9.38 Å².